The van der Waals surface area contributed by atoms with Gasteiger partial charge in [0.05, 0.1) is 11.0 Å². The molecule has 6 aromatic carbocycles. The molecule has 0 N–H and O–H groups in total. The number of nitrogens with zero attached hydrogens (tertiary/aromatic N) is 3. The lowest BCUT2D eigenvalue weighted by Crippen LogP contribution is -2.14. The summed E-state index contributed by atoms with van der Waals surface area (Å²) in [6.07, 6.45) is 0. The molecule has 0 spiro atoms. The number of rotatable bonds is 3. The molecule has 4 nitrogen and oxygen atoms in total. The van der Waals surface area contributed by atoms with Crippen LogP contribution in [0.1, 0.15) is 25.0 Å². The van der Waals surface area contributed by atoms with Crippen LogP contribution in [-0.2, 0) is 5.41 Å². The fraction of sp³-hybridized carbons (Fsp3) is 0.0698. The summed E-state index contributed by atoms with van der Waals surface area (Å²) in [5.41, 5.74) is 13.9. The molecular weight excluding hydrogens is 574 g/mol. The van der Waals surface area contributed by atoms with E-state index >= 15 is 0 Å². The Labute approximate surface area is 271 Å². The van der Waals surface area contributed by atoms with Gasteiger partial charge in [0.1, 0.15) is 16.8 Å². The summed E-state index contributed by atoms with van der Waals surface area (Å²) in [5.74, 6) is 0.684. The molecule has 3 heterocycles. The van der Waals surface area contributed by atoms with Crippen LogP contribution in [0.2, 0.25) is 0 Å². The van der Waals surface area contributed by atoms with Crippen LogP contribution in [0.3, 0.4) is 0 Å². The molecule has 0 fully saturated rings. The predicted octanol–water partition coefficient (Wildman–Crippen LogP) is 11.1. The van der Waals surface area contributed by atoms with Gasteiger partial charge in [0.15, 0.2) is 11.4 Å². The third-order valence-electron chi connectivity index (χ3n) is 10.0. The Morgan fingerprint density at radius 1 is 0.553 bits per heavy atom. The average molecular weight is 604 g/mol. The van der Waals surface area contributed by atoms with E-state index in [-0.39, 0.29) is 5.41 Å². The van der Waals surface area contributed by atoms with E-state index in [1.165, 1.54) is 44.1 Å². The smallest absolute Gasteiger partial charge is 0.180 e. The van der Waals surface area contributed by atoms with Crippen LogP contribution >= 0.6 is 0 Å². The van der Waals surface area contributed by atoms with Crippen molar-refractivity contribution in [1.82, 2.24) is 14.5 Å². The van der Waals surface area contributed by atoms with Crippen LogP contribution < -0.4 is 0 Å². The Balaban J connectivity index is 1.18. The maximum Gasteiger partial charge on any atom is 0.180 e. The molecule has 0 saturated heterocycles. The second-order valence-electron chi connectivity index (χ2n) is 13.0. The van der Waals surface area contributed by atoms with E-state index in [9.17, 15) is 0 Å². The SMILES string of the molecule is CC1(C)c2ccccc2-c2cc3c(cc21)c1ccccc1n3-c1ccc(-c2nc(-c3ccccc3)nc3c2oc2ccccc23)cc1. The molecule has 0 saturated carbocycles. The largest absolute Gasteiger partial charge is 0.452 e. The Kier molecular flexibility index (Phi) is 5.31. The van der Waals surface area contributed by atoms with Crippen LogP contribution in [0.4, 0.5) is 0 Å². The second-order valence-corrected chi connectivity index (χ2v) is 13.0. The van der Waals surface area contributed by atoms with Gasteiger partial charge in [0.25, 0.3) is 0 Å². The number of aromatic nitrogens is 3. The summed E-state index contributed by atoms with van der Waals surface area (Å²) in [5, 5.41) is 3.52. The van der Waals surface area contributed by atoms with Gasteiger partial charge in [-0.15, -0.1) is 0 Å². The van der Waals surface area contributed by atoms with E-state index in [0.29, 0.717) is 11.4 Å². The maximum absolute atomic E-state index is 6.40. The molecule has 47 heavy (non-hydrogen) atoms. The van der Waals surface area contributed by atoms with Crippen LogP contribution in [0.25, 0.3) is 83.3 Å². The summed E-state index contributed by atoms with van der Waals surface area (Å²) >= 11 is 0. The molecule has 1 aliphatic rings. The monoisotopic (exact) mass is 603 g/mol. The van der Waals surface area contributed by atoms with Gasteiger partial charge < -0.3 is 8.98 Å². The first-order chi connectivity index (χ1) is 23.1. The maximum atomic E-state index is 6.40. The fourth-order valence-corrected chi connectivity index (χ4v) is 7.71. The molecular formula is C43H29N3O. The molecule has 0 atom stereocenters. The van der Waals surface area contributed by atoms with E-state index in [4.69, 9.17) is 14.4 Å². The molecule has 3 aromatic heterocycles. The standard InChI is InChI=1S/C43H29N3O/c1-43(2)34-17-9-6-14-29(34)32-25-37-33(24-35(32)43)30-15-7-10-18-36(30)46(37)28-22-20-26(21-23-28)39-41-40(31-16-8-11-19-38(31)47-41)45-42(44-39)27-12-4-3-5-13-27/h3-25H,1-2H3. The zero-order chi connectivity index (χ0) is 31.3. The molecule has 1 aliphatic carbocycles. The highest BCUT2D eigenvalue weighted by molar-refractivity contribution is 6.11. The van der Waals surface area contributed by atoms with Gasteiger partial charge in [-0.1, -0.05) is 111 Å². The third-order valence-corrected chi connectivity index (χ3v) is 10.0. The van der Waals surface area contributed by atoms with Crippen molar-refractivity contribution in [2.75, 3.05) is 0 Å². The van der Waals surface area contributed by atoms with Gasteiger partial charge in [-0.05, 0) is 64.7 Å². The van der Waals surface area contributed by atoms with Crippen molar-refractivity contribution in [3.63, 3.8) is 0 Å². The summed E-state index contributed by atoms with van der Waals surface area (Å²) in [7, 11) is 0. The van der Waals surface area contributed by atoms with Gasteiger partial charge in [0.2, 0.25) is 0 Å². The van der Waals surface area contributed by atoms with Gasteiger partial charge in [-0.2, -0.15) is 0 Å². The number of hydrogen-bond acceptors (Lipinski definition) is 3. The number of furan rings is 1. The van der Waals surface area contributed by atoms with E-state index < -0.39 is 0 Å². The van der Waals surface area contributed by atoms with Crippen LogP contribution in [0, 0.1) is 0 Å². The van der Waals surface area contributed by atoms with Crippen LogP contribution in [0.15, 0.2) is 144 Å². The van der Waals surface area contributed by atoms with Crippen molar-refractivity contribution in [1.29, 1.82) is 0 Å². The van der Waals surface area contributed by atoms with Crippen LogP contribution in [-0.4, -0.2) is 14.5 Å². The number of fused-ring (bicyclic) bond motifs is 9. The molecule has 10 rings (SSSR count). The molecule has 0 radical (unpaired) electrons. The predicted molar refractivity (Wildman–Crippen MR) is 192 cm³/mol. The molecule has 0 bridgehead atoms. The van der Waals surface area contributed by atoms with Crippen LogP contribution in [0.5, 0.6) is 0 Å². The summed E-state index contributed by atoms with van der Waals surface area (Å²) in [4.78, 5) is 10.1. The summed E-state index contributed by atoms with van der Waals surface area (Å²) in [6, 6.07) is 49.4. The van der Waals surface area contributed by atoms with Crippen molar-refractivity contribution in [3.05, 3.63) is 151 Å². The van der Waals surface area contributed by atoms with Crippen molar-refractivity contribution < 1.29 is 4.42 Å². The average Bonchev–Trinajstić information content (AvgIpc) is 3.73. The Bertz CT molecular complexity index is 2700. The lowest BCUT2D eigenvalue weighted by atomic mass is 9.82. The Morgan fingerprint density at radius 2 is 1.28 bits per heavy atom. The van der Waals surface area contributed by atoms with E-state index in [1.807, 2.05) is 36.4 Å². The normalized spacial score (nSPS) is 13.5. The minimum atomic E-state index is -0.0525. The van der Waals surface area contributed by atoms with Gasteiger partial charge in [-0.3, -0.25) is 0 Å². The minimum absolute atomic E-state index is 0.0525. The second kappa shape index (κ2) is 9.51. The lowest BCUT2D eigenvalue weighted by Gasteiger charge is -2.21. The van der Waals surface area contributed by atoms with Gasteiger partial charge in [-0.25, -0.2) is 9.97 Å². The molecule has 0 aliphatic heterocycles. The summed E-state index contributed by atoms with van der Waals surface area (Å²) < 4.78 is 8.80. The Morgan fingerprint density at radius 3 is 2.13 bits per heavy atom. The number of hydrogen-bond donors (Lipinski definition) is 0. The topological polar surface area (TPSA) is 43.9 Å². The fourth-order valence-electron chi connectivity index (χ4n) is 7.71. The van der Waals surface area contributed by atoms with Gasteiger partial charge >= 0.3 is 0 Å². The third kappa shape index (κ3) is 3.70. The van der Waals surface area contributed by atoms with Gasteiger partial charge in [0, 0.05) is 38.4 Å². The number of para-hydroxylation sites is 2. The van der Waals surface area contributed by atoms with Crippen molar-refractivity contribution in [2.45, 2.75) is 19.3 Å². The first-order valence-electron chi connectivity index (χ1n) is 16.1. The molecule has 222 valence electrons. The zero-order valence-corrected chi connectivity index (χ0v) is 26.0. The molecule has 0 unspecified atom stereocenters. The zero-order valence-electron chi connectivity index (χ0n) is 26.0. The molecule has 0 amide bonds. The van der Waals surface area contributed by atoms with E-state index in [1.54, 1.807) is 0 Å². The first-order valence-corrected chi connectivity index (χ1v) is 16.1. The van der Waals surface area contributed by atoms with Crippen molar-refractivity contribution in [2.24, 2.45) is 0 Å². The van der Waals surface area contributed by atoms with Crippen molar-refractivity contribution in [3.8, 4) is 39.5 Å². The Hall–Kier alpha value is -6.00. The lowest BCUT2D eigenvalue weighted by molar-refractivity contribution is 0.661. The summed E-state index contributed by atoms with van der Waals surface area (Å²) in [6.45, 7) is 4.69. The highest BCUT2D eigenvalue weighted by Crippen LogP contribution is 2.51. The quantitative estimate of drug-likeness (QED) is 0.202. The van der Waals surface area contributed by atoms with E-state index in [2.05, 4.69) is 122 Å². The molecule has 4 heteroatoms. The molecule has 9 aromatic rings. The van der Waals surface area contributed by atoms with E-state index in [0.717, 1.165) is 39.0 Å². The van der Waals surface area contributed by atoms with Crippen molar-refractivity contribution >= 4 is 43.9 Å². The minimum Gasteiger partial charge on any atom is -0.452 e. The highest BCUT2D eigenvalue weighted by atomic mass is 16.3. The highest BCUT2D eigenvalue weighted by Gasteiger charge is 2.36. The number of benzene rings is 6. The first kappa shape index (κ1) is 26.2.